The number of nitrogens with zero attached hydrogens (tertiary/aromatic N) is 2. The van der Waals surface area contributed by atoms with Gasteiger partial charge in [-0.3, -0.25) is 0 Å². The lowest BCUT2D eigenvalue weighted by Crippen LogP contribution is -2.19. The standard InChI is InChI=1S/C11H10F3N3OS/c12-11(13,14)7-18-9-2-1-8(5-17-9)16-6-10-15-3-4-19-10/h1-5,16H,6-7H2. The molecule has 0 bridgehead atoms. The van der Waals surface area contributed by atoms with Crippen LogP contribution in [0.25, 0.3) is 0 Å². The number of rotatable bonds is 5. The van der Waals surface area contributed by atoms with Crippen molar-refractivity contribution in [1.82, 2.24) is 9.97 Å². The van der Waals surface area contributed by atoms with Gasteiger partial charge in [0, 0.05) is 17.6 Å². The van der Waals surface area contributed by atoms with Crippen LogP contribution in [-0.4, -0.2) is 22.8 Å². The SMILES string of the molecule is FC(F)(F)COc1ccc(NCc2nccs2)cn1. The average molecular weight is 289 g/mol. The molecule has 0 aliphatic rings. The van der Waals surface area contributed by atoms with E-state index >= 15 is 0 Å². The van der Waals surface area contributed by atoms with Gasteiger partial charge < -0.3 is 10.1 Å². The predicted molar refractivity (Wildman–Crippen MR) is 65.2 cm³/mol. The summed E-state index contributed by atoms with van der Waals surface area (Å²) >= 11 is 1.51. The molecule has 0 atom stereocenters. The average Bonchev–Trinajstić information content (AvgIpc) is 2.87. The molecule has 0 saturated carbocycles. The molecule has 0 aromatic carbocycles. The number of aromatic nitrogens is 2. The van der Waals surface area contributed by atoms with Crippen molar-refractivity contribution in [2.45, 2.75) is 12.7 Å². The van der Waals surface area contributed by atoms with Gasteiger partial charge in [0.05, 0.1) is 18.4 Å². The maximum Gasteiger partial charge on any atom is 0.422 e. The van der Waals surface area contributed by atoms with Gasteiger partial charge >= 0.3 is 6.18 Å². The highest BCUT2D eigenvalue weighted by atomic mass is 32.1. The highest BCUT2D eigenvalue weighted by Gasteiger charge is 2.28. The maximum atomic E-state index is 11.9. The lowest BCUT2D eigenvalue weighted by molar-refractivity contribution is -0.154. The van der Waals surface area contributed by atoms with Crippen LogP contribution >= 0.6 is 11.3 Å². The van der Waals surface area contributed by atoms with E-state index in [-0.39, 0.29) is 5.88 Å². The van der Waals surface area contributed by atoms with E-state index in [9.17, 15) is 13.2 Å². The first-order chi connectivity index (χ1) is 9.03. The van der Waals surface area contributed by atoms with Crippen LogP contribution in [0.4, 0.5) is 18.9 Å². The van der Waals surface area contributed by atoms with E-state index in [2.05, 4.69) is 20.0 Å². The molecule has 0 spiro atoms. The number of halogens is 3. The molecule has 0 unspecified atom stereocenters. The van der Waals surface area contributed by atoms with E-state index in [0.717, 1.165) is 5.01 Å². The fourth-order valence-corrected chi connectivity index (χ4v) is 1.80. The van der Waals surface area contributed by atoms with Crippen molar-refractivity contribution < 1.29 is 17.9 Å². The van der Waals surface area contributed by atoms with Gasteiger partial charge in [0.1, 0.15) is 5.01 Å². The van der Waals surface area contributed by atoms with Gasteiger partial charge in [-0.2, -0.15) is 13.2 Å². The van der Waals surface area contributed by atoms with Crippen LogP contribution in [0.3, 0.4) is 0 Å². The molecule has 0 aliphatic carbocycles. The molecule has 4 nitrogen and oxygen atoms in total. The number of ether oxygens (including phenoxy) is 1. The van der Waals surface area contributed by atoms with Crippen LogP contribution in [0.5, 0.6) is 5.88 Å². The second-order valence-electron chi connectivity index (χ2n) is 3.57. The Morgan fingerprint density at radius 1 is 1.26 bits per heavy atom. The zero-order valence-corrected chi connectivity index (χ0v) is 10.5. The highest BCUT2D eigenvalue weighted by molar-refractivity contribution is 7.09. The molecule has 1 N–H and O–H groups in total. The van der Waals surface area contributed by atoms with E-state index < -0.39 is 12.8 Å². The van der Waals surface area contributed by atoms with Crippen molar-refractivity contribution in [3.05, 3.63) is 34.9 Å². The van der Waals surface area contributed by atoms with Crippen molar-refractivity contribution in [3.63, 3.8) is 0 Å². The quantitative estimate of drug-likeness (QED) is 0.919. The Bertz CT molecular complexity index is 499. The molecule has 2 rings (SSSR count). The Labute approximate surface area is 111 Å². The number of nitrogens with one attached hydrogen (secondary N) is 1. The molecule has 102 valence electrons. The van der Waals surface area contributed by atoms with Gasteiger partial charge in [-0.25, -0.2) is 9.97 Å². The fraction of sp³-hybridized carbons (Fsp3) is 0.273. The van der Waals surface area contributed by atoms with Gasteiger partial charge in [0.15, 0.2) is 6.61 Å². The monoisotopic (exact) mass is 289 g/mol. The fourth-order valence-electron chi connectivity index (χ4n) is 1.24. The van der Waals surface area contributed by atoms with Crippen LogP contribution in [0.15, 0.2) is 29.9 Å². The number of pyridine rings is 1. The number of alkyl halides is 3. The summed E-state index contributed by atoms with van der Waals surface area (Å²) in [6.07, 6.45) is -1.24. The second kappa shape index (κ2) is 5.87. The minimum Gasteiger partial charge on any atom is -0.468 e. The summed E-state index contributed by atoms with van der Waals surface area (Å²) in [6, 6.07) is 2.99. The normalized spacial score (nSPS) is 11.3. The molecule has 0 fully saturated rings. The van der Waals surface area contributed by atoms with Crippen molar-refractivity contribution in [2.75, 3.05) is 11.9 Å². The topological polar surface area (TPSA) is 47.0 Å². The Morgan fingerprint density at radius 2 is 2.11 bits per heavy atom. The summed E-state index contributed by atoms with van der Waals surface area (Å²) in [6.45, 7) is -0.798. The van der Waals surface area contributed by atoms with Gasteiger partial charge in [-0.1, -0.05) is 0 Å². The Kier molecular flexibility index (Phi) is 4.20. The van der Waals surface area contributed by atoms with E-state index in [0.29, 0.717) is 12.2 Å². The summed E-state index contributed by atoms with van der Waals surface area (Å²) in [5, 5.41) is 5.83. The number of hydrogen-bond donors (Lipinski definition) is 1. The molecule has 0 saturated heterocycles. The van der Waals surface area contributed by atoms with E-state index in [1.165, 1.54) is 23.6 Å². The summed E-state index contributed by atoms with van der Waals surface area (Å²) in [7, 11) is 0. The zero-order chi connectivity index (χ0) is 13.7. The second-order valence-corrected chi connectivity index (χ2v) is 4.55. The number of anilines is 1. The van der Waals surface area contributed by atoms with Crippen molar-refractivity contribution in [2.24, 2.45) is 0 Å². The molecule has 0 aliphatic heterocycles. The molecule has 2 aromatic heterocycles. The summed E-state index contributed by atoms with van der Waals surface area (Å²) < 4.78 is 40.3. The summed E-state index contributed by atoms with van der Waals surface area (Å²) in [4.78, 5) is 7.87. The third kappa shape index (κ3) is 4.74. The number of thiazole rings is 1. The molecule has 19 heavy (non-hydrogen) atoms. The third-order valence-electron chi connectivity index (χ3n) is 2.05. The van der Waals surface area contributed by atoms with Crippen LogP contribution < -0.4 is 10.1 Å². The Morgan fingerprint density at radius 3 is 2.68 bits per heavy atom. The van der Waals surface area contributed by atoms with Crippen LogP contribution in [0.2, 0.25) is 0 Å². The molecule has 0 amide bonds. The lowest BCUT2D eigenvalue weighted by Gasteiger charge is -2.09. The minimum absolute atomic E-state index is 0.0582. The van der Waals surface area contributed by atoms with Gasteiger partial charge in [0.2, 0.25) is 5.88 Å². The van der Waals surface area contributed by atoms with E-state index in [4.69, 9.17) is 0 Å². The van der Waals surface area contributed by atoms with Gasteiger partial charge in [-0.05, 0) is 6.07 Å². The van der Waals surface area contributed by atoms with Gasteiger partial charge in [-0.15, -0.1) is 11.3 Å². The largest absolute Gasteiger partial charge is 0.468 e. The van der Waals surface area contributed by atoms with Crippen LogP contribution in [-0.2, 0) is 6.54 Å². The summed E-state index contributed by atoms with van der Waals surface area (Å²) in [5.74, 6) is -0.0582. The smallest absolute Gasteiger partial charge is 0.422 e. The first-order valence-corrected chi connectivity index (χ1v) is 6.19. The van der Waals surface area contributed by atoms with Crippen molar-refractivity contribution >= 4 is 17.0 Å². The maximum absolute atomic E-state index is 11.9. The highest BCUT2D eigenvalue weighted by Crippen LogP contribution is 2.18. The van der Waals surface area contributed by atoms with E-state index in [1.807, 2.05) is 5.38 Å². The first-order valence-electron chi connectivity index (χ1n) is 5.31. The van der Waals surface area contributed by atoms with Crippen LogP contribution in [0.1, 0.15) is 5.01 Å². The first kappa shape index (κ1) is 13.6. The molecular formula is C11H10F3N3OS. The Balaban J connectivity index is 1.84. The van der Waals surface area contributed by atoms with Crippen molar-refractivity contribution in [1.29, 1.82) is 0 Å². The van der Waals surface area contributed by atoms with E-state index in [1.54, 1.807) is 12.3 Å². The lowest BCUT2D eigenvalue weighted by atomic mass is 10.4. The Hall–Kier alpha value is -1.83. The molecular weight excluding hydrogens is 279 g/mol. The van der Waals surface area contributed by atoms with Gasteiger partial charge in [0.25, 0.3) is 0 Å². The minimum atomic E-state index is -4.36. The molecule has 0 radical (unpaired) electrons. The molecule has 2 heterocycles. The van der Waals surface area contributed by atoms with Crippen molar-refractivity contribution in [3.8, 4) is 5.88 Å². The molecule has 8 heteroatoms. The predicted octanol–water partition coefficient (Wildman–Crippen LogP) is 3.09. The molecule has 2 aromatic rings. The summed E-state index contributed by atoms with van der Waals surface area (Å²) in [5.41, 5.74) is 0.689. The van der Waals surface area contributed by atoms with Crippen LogP contribution in [0, 0.1) is 0 Å². The zero-order valence-electron chi connectivity index (χ0n) is 9.65. The number of hydrogen-bond acceptors (Lipinski definition) is 5. The third-order valence-corrected chi connectivity index (χ3v) is 2.83.